The van der Waals surface area contributed by atoms with Crippen molar-refractivity contribution in [3.63, 3.8) is 0 Å². The fourth-order valence-corrected chi connectivity index (χ4v) is 2.45. The molecule has 0 N–H and O–H groups in total. The number of ether oxygens (including phenoxy) is 2. The van der Waals surface area contributed by atoms with Crippen LogP contribution in [-0.2, 0) is 24.5 Å². The van der Waals surface area contributed by atoms with Gasteiger partial charge in [0.15, 0.2) is 0 Å². The lowest BCUT2D eigenvalue weighted by Crippen LogP contribution is -2.38. The summed E-state index contributed by atoms with van der Waals surface area (Å²) < 4.78 is 10.5. The van der Waals surface area contributed by atoms with Crippen molar-refractivity contribution in [1.82, 2.24) is 0 Å². The Morgan fingerprint density at radius 3 is 2.13 bits per heavy atom. The van der Waals surface area contributed by atoms with E-state index in [1.54, 1.807) is 0 Å². The highest BCUT2D eigenvalue weighted by Gasteiger charge is 2.39. The fourth-order valence-electron chi connectivity index (χ4n) is 2.45. The van der Waals surface area contributed by atoms with E-state index in [2.05, 4.69) is 0 Å². The van der Waals surface area contributed by atoms with E-state index in [1.807, 2.05) is 58.0 Å². The topological polar surface area (TPSA) is 52.6 Å². The van der Waals surface area contributed by atoms with Gasteiger partial charge < -0.3 is 9.47 Å². The van der Waals surface area contributed by atoms with Crippen LogP contribution in [0.3, 0.4) is 0 Å². The lowest BCUT2D eigenvalue weighted by molar-refractivity contribution is -0.157. The van der Waals surface area contributed by atoms with Gasteiger partial charge in [0.25, 0.3) is 0 Å². The third-order valence-electron chi connectivity index (χ3n) is 3.96. The zero-order valence-electron chi connectivity index (χ0n) is 14.6. The van der Waals surface area contributed by atoms with Gasteiger partial charge in [-0.05, 0) is 18.4 Å². The van der Waals surface area contributed by atoms with E-state index >= 15 is 0 Å². The van der Waals surface area contributed by atoms with Gasteiger partial charge in [-0.1, -0.05) is 58.0 Å². The van der Waals surface area contributed by atoms with Crippen LogP contribution >= 0.6 is 0 Å². The number of hydrogen-bond acceptors (Lipinski definition) is 4. The SMILES string of the molecule is CCCOC(=O)CC(C(=O)OCCC)C(C)(C)c1ccccc1. The average molecular weight is 320 g/mol. The molecule has 0 aliphatic carbocycles. The first-order chi connectivity index (χ1) is 10.9. The van der Waals surface area contributed by atoms with Crippen molar-refractivity contribution in [3.05, 3.63) is 35.9 Å². The van der Waals surface area contributed by atoms with Crippen molar-refractivity contribution in [2.24, 2.45) is 5.92 Å². The van der Waals surface area contributed by atoms with Gasteiger partial charge in [0.2, 0.25) is 0 Å². The Hall–Kier alpha value is -1.84. The van der Waals surface area contributed by atoms with Crippen LogP contribution in [0, 0.1) is 5.92 Å². The largest absolute Gasteiger partial charge is 0.466 e. The Bertz CT molecular complexity index is 493. The van der Waals surface area contributed by atoms with E-state index in [1.165, 1.54) is 0 Å². The molecule has 0 aliphatic rings. The molecular weight excluding hydrogens is 292 g/mol. The second-order valence-corrected chi connectivity index (χ2v) is 6.23. The van der Waals surface area contributed by atoms with E-state index in [-0.39, 0.29) is 18.4 Å². The molecule has 4 nitrogen and oxygen atoms in total. The molecule has 0 bridgehead atoms. The molecule has 1 aromatic carbocycles. The van der Waals surface area contributed by atoms with Crippen LogP contribution in [0.15, 0.2) is 30.3 Å². The molecule has 0 saturated carbocycles. The third kappa shape index (κ3) is 5.70. The zero-order chi connectivity index (χ0) is 17.3. The van der Waals surface area contributed by atoms with Crippen LogP contribution in [0.1, 0.15) is 52.5 Å². The van der Waals surface area contributed by atoms with Gasteiger partial charge in [-0.15, -0.1) is 0 Å². The Morgan fingerprint density at radius 2 is 1.57 bits per heavy atom. The number of benzene rings is 1. The molecule has 1 rings (SSSR count). The van der Waals surface area contributed by atoms with Crippen LogP contribution in [0.4, 0.5) is 0 Å². The standard InChI is InChI=1S/C19H28O4/c1-5-12-22-17(20)14-16(18(21)23-13-6-2)19(3,4)15-10-8-7-9-11-15/h7-11,16H,5-6,12-14H2,1-4H3. The summed E-state index contributed by atoms with van der Waals surface area (Å²) in [4.78, 5) is 24.5. The minimum Gasteiger partial charge on any atom is -0.466 e. The summed E-state index contributed by atoms with van der Waals surface area (Å²) in [5.41, 5.74) is 0.485. The summed E-state index contributed by atoms with van der Waals surface area (Å²) in [6, 6.07) is 9.73. The molecule has 0 saturated heterocycles. The van der Waals surface area contributed by atoms with Gasteiger partial charge in [-0.25, -0.2) is 0 Å². The molecule has 1 aromatic rings. The summed E-state index contributed by atoms with van der Waals surface area (Å²) in [7, 11) is 0. The van der Waals surface area contributed by atoms with Gasteiger partial charge in [0.1, 0.15) is 0 Å². The van der Waals surface area contributed by atoms with Gasteiger partial charge in [-0.3, -0.25) is 9.59 Å². The molecule has 1 atom stereocenters. The van der Waals surface area contributed by atoms with E-state index in [0.29, 0.717) is 13.2 Å². The number of hydrogen-bond donors (Lipinski definition) is 0. The molecule has 128 valence electrons. The minimum atomic E-state index is -0.569. The molecule has 0 heterocycles. The maximum absolute atomic E-state index is 12.5. The molecule has 0 amide bonds. The van der Waals surface area contributed by atoms with Gasteiger partial charge >= 0.3 is 11.9 Å². The summed E-state index contributed by atoms with van der Waals surface area (Å²) in [5, 5.41) is 0. The quantitative estimate of drug-likeness (QED) is 0.648. The summed E-state index contributed by atoms with van der Waals surface area (Å²) in [5.74, 6) is -1.26. The summed E-state index contributed by atoms with van der Waals surface area (Å²) in [6.45, 7) is 8.56. The first kappa shape index (κ1) is 19.2. The highest BCUT2D eigenvalue weighted by Crippen LogP contribution is 2.35. The lowest BCUT2D eigenvalue weighted by atomic mass is 9.72. The first-order valence-electron chi connectivity index (χ1n) is 8.31. The monoisotopic (exact) mass is 320 g/mol. The van der Waals surface area contributed by atoms with Gasteiger partial charge in [0, 0.05) is 5.41 Å². The Kier molecular flexibility index (Phi) is 7.79. The highest BCUT2D eigenvalue weighted by molar-refractivity contribution is 5.81. The van der Waals surface area contributed by atoms with Crippen molar-refractivity contribution in [3.8, 4) is 0 Å². The normalized spacial score (nSPS) is 12.5. The van der Waals surface area contributed by atoms with Crippen LogP contribution in [0.2, 0.25) is 0 Å². The number of rotatable bonds is 9. The van der Waals surface area contributed by atoms with E-state index in [4.69, 9.17) is 9.47 Å². The Labute approximate surface area is 139 Å². The first-order valence-corrected chi connectivity index (χ1v) is 8.31. The molecule has 1 unspecified atom stereocenters. The fraction of sp³-hybridized carbons (Fsp3) is 0.579. The Morgan fingerprint density at radius 1 is 1.00 bits per heavy atom. The molecular formula is C19H28O4. The molecule has 4 heteroatoms. The number of carbonyl (C=O) groups is 2. The molecule has 0 aromatic heterocycles. The van der Waals surface area contributed by atoms with Crippen LogP contribution in [0.25, 0.3) is 0 Å². The predicted octanol–water partition coefficient (Wildman–Crippen LogP) is 3.88. The minimum absolute atomic E-state index is 0.0322. The number of carbonyl (C=O) groups excluding carboxylic acids is 2. The molecule has 0 radical (unpaired) electrons. The average Bonchev–Trinajstić information content (AvgIpc) is 2.56. The van der Waals surface area contributed by atoms with Crippen molar-refractivity contribution in [1.29, 1.82) is 0 Å². The van der Waals surface area contributed by atoms with E-state index < -0.39 is 11.3 Å². The predicted molar refractivity (Wildman–Crippen MR) is 90.1 cm³/mol. The van der Waals surface area contributed by atoms with Crippen molar-refractivity contribution < 1.29 is 19.1 Å². The van der Waals surface area contributed by atoms with Crippen LogP contribution in [0.5, 0.6) is 0 Å². The summed E-state index contributed by atoms with van der Waals surface area (Å²) in [6.07, 6.45) is 1.55. The number of esters is 2. The van der Waals surface area contributed by atoms with Crippen molar-refractivity contribution >= 4 is 11.9 Å². The van der Waals surface area contributed by atoms with Crippen LogP contribution in [-0.4, -0.2) is 25.2 Å². The maximum atomic E-state index is 12.5. The lowest BCUT2D eigenvalue weighted by Gasteiger charge is -2.32. The molecule has 0 fully saturated rings. The molecule has 0 spiro atoms. The zero-order valence-corrected chi connectivity index (χ0v) is 14.6. The third-order valence-corrected chi connectivity index (χ3v) is 3.96. The molecule has 23 heavy (non-hydrogen) atoms. The van der Waals surface area contributed by atoms with Crippen molar-refractivity contribution in [2.45, 2.75) is 52.4 Å². The van der Waals surface area contributed by atoms with Gasteiger partial charge in [-0.2, -0.15) is 0 Å². The van der Waals surface area contributed by atoms with E-state index in [9.17, 15) is 9.59 Å². The Balaban J connectivity index is 2.97. The van der Waals surface area contributed by atoms with Gasteiger partial charge in [0.05, 0.1) is 25.6 Å². The summed E-state index contributed by atoms with van der Waals surface area (Å²) >= 11 is 0. The van der Waals surface area contributed by atoms with Crippen LogP contribution < -0.4 is 0 Å². The van der Waals surface area contributed by atoms with E-state index in [0.717, 1.165) is 18.4 Å². The van der Waals surface area contributed by atoms with Crippen molar-refractivity contribution in [2.75, 3.05) is 13.2 Å². The molecule has 0 aliphatic heterocycles. The smallest absolute Gasteiger partial charge is 0.310 e. The highest BCUT2D eigenvalue weighted by atomic mass is 16.5. The second-order valence-electron chi connectivity index (χ2n) is 6.23. The maximum Gasteiger partial charge on any atom is 0.310 e. The second kappa shape index (κ2) is 9.33.